The zero-order chi connectivity index (χ0) is 18.9. The van der Waals surface area contributed by atoms with Crippen molar-refractivity contribution in [2.45, 2.75) is 51.0 Å². The third kappa shape index (κ3) is 13.0. The summed E-state index contributed by atoms with van der Waals surface area (Å²) in [5.74, 6) is 0.0295. The highest BCUT2D eigenvalue weighted by atomic mass is 16.5. The average molecular weight is 358 g/mol. The average Bonchev–Trinajstić information content (AvgIpc) is 2.64. The van der Waals surface area contributed by atoms with E-state index >= 15 is 0 Å². The van der Waals surface area contributed by atoms with Gasteiger partial charge in [0.2, 0.25) is 0 Å². The number of benzene rings is 1. The first kappa shape index (κ1) is 21.7. The molecule has 142 valence electrons. The molecule has 0 bridgehead atoms. The first-order valence-electron chi connectivity index (χ1n) is 9.24. The van der Waals surface area contributed by atoms with Crippen molar-refractivity contribution in [3.8, 4) is 5.75 Å². The summed E-state index contributed by atoms with van der Waals surface area (Å²) in [6, 6.07) is 9.45. The summed E-state index contributed by atoms with van der Waals surface area (Å²) in [6.07, 6.45) is 17.3. The van der Waals surface area contributed by atoms with E-state index < -0.39 is 12.1 Å². The molecule has 4 nitrogen and oxygen atoms in total. The van der Waals surface area contributed by atoms with Gasteiger partial charge in [-0.3, -0.25) is 4.79 Å². The molecule has 0 spiro atoms. The molecule has 0 aromatic heterocycles. The maximum Gasteiger partial charge on any atom is 0.303 e. The van der Waals surface area contributed by atoms with Crippen LogP contribution in [0.25, 0.3) is 0 Å². The number of rotatable bonds is 14. The quantitative estimate of drug-likeness (QED) is 0.282. The van der Waals surface area contributed by atoms with E-state index in [4.69, 9.17) is 9.84 Å². The van der Waals surface area contributed by atoms with Crippen LogP contribution in [0.3, 0.4) is 0 Å². The van der Waals surface area contributed by atoms with Gasteiger partial charge in [0.1, 0.15) is 18.5 Å². The minimum absolute atomic E-state index is 0.243. The van der Waals surface area contributed by atoms with Gasteiger partial charge < -0.3 is 14.9 Å². The van der Waals surface area contributed by atoms with E-state index in [9.17, 15) is 9.90 Å². The van der Waals surface area contributed by atoms with Crippen LogP contribution in [0.5, 0.6) is 5.75 Å². The topological polar surface area (TPSA) is 66.8 Å². The summed E-state index contributed by atoms with van der Waals surface area (Å²) >= 11 is 0. The fourth-order valence-corrected chi connectivity index (χ4v) is 2.25. The molecule has 1 rings (SSSR count). The number of aliphatic hydroxyl groups excluding tert-OH is 1. The van der Waals surface area contributed by atoms with Crippen LogP contribution in [0, 0.1) is 0 Å². The Morgan fingerprint density at radius 1 is 0.962 bits per heavy atom. The Morgan fingerprint density at radius 2 is 1.62 bits per heavy atom. The van der Waals surface area contributed by atoms with E-state index in [1.807, 2.05) is 42.5 Å². The second kappa shape index (κ2) is 15.0. The minimum Gasteiger partial charge on any atom is -0.491 e. The standard InChI is InChI=1S/C22H30O4/c23-20(19-26-21-16-12-10-13-17-21)15-11-8-6-4-2-1-3-5-7-9-14-18-22(24)25/h5-8,10-13,15-17,20,23H,1-4,9,14,18-19H2,(H,24,25)/b7-5-,8-6-,15-11+. The van der Waals surface area contributed by atoms with E-state index in [0.717, 1.165) is 37.9 Å². The molecule has 0 heterocycles. The van der Waals surface area contributed by atoms with Gasteiger partial charge in [-0.15, -0.1) is 0 Å². The molecule has 0 fully saturated rings. The van der Waals surface area contributed by atoms with Crippen LogP contribution >= 0.6 is 0 Å². The predicted molar refractivity (Wildman–Crippen MR) is 105 cm³/mol. The monoisotopic (exact) mass is 358 g/mol. The van der Waals surface area contributed by atoms with Crippen molar-refractivity contribution in [1.82, 2.24) is 0 Å². The molecule has 0 radical (unpaired) electrons. The molecule has 2 N–H and O–H groups in total. The number of carboxylic acid groups (broad SMARTS) is 1. The summed E-state index contributed by atoms with van der Waals surface area (Å²) in [6.45, 7) is 0.243. The van der Waals surface area contributed by atoms with Gasteiger partial charge in [0, 0.05) is 6.42 Å². The highest BCUT2D eigenvalue weighted by molar-refractivity contribution is 5.66. The van der Waals surface area contributed by atoms with Crippen molar-refractivity contribution in [3.05, 3.63) is 66.8 Å². The number of aliphatic carboxylic acids is 1. The lowest BCUT2D eigenvalue weighted by molar-refractivity contribution is -0.137. The van der Waals surface area contributed by atoms with Crippen LogP contribution in [0.15, 0.2) is 66.8 Å². The molecule has 1 atom stereocenters. The number of carboxylic acids is 1. The summed E-state index contributed by atoms with van der Waals surface area (Å²) < 4.78 is 5.48. The largest absolute Gasteiger partial charge is 0.491 e. The number of hydrogen-bond acceptors (Lipinski definition) is 3. The van der Waals surface area contributed by atoms with Gasteiger partial charge in [0.05, 0.1) is 0 Å². The first-order valence-corrected chi connectivity index (χ1v) is 9.24. The summed E-state index contributed by atoms with van der Waals surface area (Å²) in [4.78, 5) is 10.4. The lowest BCUT2D eigenvalue weighted by Gasteiger charge is -2.08. The maximum atomic E-state index is 10.4. The summed E-state index contributed by atoms with van der Waals surface area (Å²) in [7, 11) is 0. The Morgan fingerprint density at radius 3 is 2.31 bits per heavy atom. The number of unbranched alkanes of at least 4 members (excludes halogenated alkanes) is 4. The highest BCUT2D eigenvalue weighted by Gasteiger charge is 1.99. The van der Waals surface area contributed by atoms with Gasteiger partial charge in [-0.05, 0) is 50.7 Å². The molecule has 26 heavy (non-hydrogen) atoms. The second-order valence-corrected chi connectivity index (χ2v) is 6.05. The maximum absolute atomic E-state index is 10.4. The number of carbonyl (C=O) groups is 1. The molecule has 0 amide bonds. The van der Waals surface area contributed by atoms with E-state index in [1.165, 1.54) is 0 Å². The molecule has 1 aromatic rings. The van der Waals surface area contributed by atoms with Crippen LogP contribution in [-0.4, -0.2) is 28.9 Å². The summed E-state index contributed by atoms with van der Waals surface area (Å²) in [5.41, 5.74) is 0. The fourth-order valence-electron chi connectivity index (χ4n) is 2.25. The SMILES string of the molecule is O=C(O)CCC/C=C\CCCC/C=C\C=C\C(O)COc1ccccc1. The first-order chi connectivity index (χ1) is 12.7. The van der Waals surface area contributed by atoms with Crippen molar-refractivity contribution < 1.29 is 19.7 Å². The molecule has 0 aliphatic heterocycles. The Labute approximate surface area is 156 Å². The van der Waals surface area contributed by atoms with E-state index in [0.29, 0.717) is 6.42 Å². The van der Waals surface area contributed by atoms with Crippen LogP contribution in [0.4, 0.5) is 0 Å². The van der Waals surface area contributed by atoms with Gasteiger partial charge in [-0.25, -0.2) is 0 Å². The molecular formula is C22H30O4. The molecule has 4 heteroatoms. The molecule has 0 aliphatic carbocycles. The number of hydrogen-bond donors (Lipinski definition) is 2. The Bertz CT molecular complexity index is 561. The van der Waals surface area contributed by atoms with Crippen molar-refractivity contribution in [3.63, 3.8) is 0 Å². The van der Waals surface area contributed by atoms with Crippen LogP contribution < -0.4 is 4.74 Å². The van der Waals surface area contributed by atoms with Gasteiger partial charge in [0.15, 0.2) is 0 Å². The van der Waals surface area contributed by atoms with Gasteiger partial charge >= 0.3 is 5.97 Å². The molecule has 0 saturated heterocycles. The van der Waals surface area contributed by atoms with Crippen molar-refractivity contribution in [2.24, 2.45) is 0 Å². The van der Waals surface area contributed by atoms with Gasteiger partial charge in [-0.1, -0.05) is 54.7 Å². The number of para-hydroxylation sites is 1. The molecule has 0 saturated carbocycles. The molecule has 0 aliphatic rings. The Balaban J connectivity index is 1.98. The van der Waals surface area contributed by atoms with Crippen LogP contribution in [-0.2, 0) is 4.79 Å². The predicted octanol–water partition coefficient (Wildman–Crippen LogP) is 4.91. The number of ether oxygens (including phenoxy) is 1. The summed E-state index contributed by atoms with van der Waals surface area (Å²) in [5, 5.41) is 18.3. The fraction of sp³-hybridized carbons (Fsp3) is 0.409. The normalized spacial score (nSPS) is 13.0. The van der Waals surface area contributed by atoms with E-state index in [2.05, 4.69) is 18.2 Å². The van der Waals surface area contributed by atoms with E-state index in [1.54, 1.807) is 6.08 Å². The number of allylic oxidation sites excluding steroid dienone is 5. The molecule has 1 aromatic carbocycles. The zero-order valence-corrected chi connectivity index (χ0v) is 15.3. The molecule has 1 unspecified atom stereocenters. The third-order valence-corrected chi connectivity index (χ3v) is 3.66. The van der Waals surface area contributed by atoms with E-state index in [-0.39, 0.29) is 13.0 Å². The minimum atomic E-state index is -0.726. The van der Waals surface area contributed by atoms with Crippen molar-refractivity contribution in [2.75, 3.05) is 6.61 Å². The second-order valence-electron chi connectivity index (χ2n) is 6.05. The zero-order valence-electron chi connectivity index (χ0n) is 15.3. The third-order valence-electron chi connectivity index (χ3n) is 3.66. The highest BCUT2D eigenvalue weighted by Crippen LogP contribution is 2.08. The smallest absolute Gasteiger partial charge is 0.303 e. The molecular weight excluding hydrogens is 328 g/mol. The van der Waals surface area contributed by atoms with Crippen molar-refractivity contribution >= 4 is 5.97 Å². The van der Waals surface area contributed by atoms with Crippen LogP contribution in [0.1, 0.15) is 44.9 Å². The van der Waals surface area contributed by atoms with Gasteiger partial charge in [-0.2, -0.15) is 0 Å². The van der Waals surface area contributed by atoms with Crippen LogP contribution in [0.2, 0.25) is 0 Å². The van der Waals surface area contributed by atoms with Gasteiger partial charge in [0.25, 0.3) is 0 Å². The van der Waals surface area contributed by atoms with Crippen molar-refractivity contribution in [1.29, 1.82) is 0 Å². The Kier molecular flexibility index (Phi) is 12.5. The number of aliphatic hydroxyl groups is 1. The lowest BCUT2D eigenvalue weighted by atomic mass is 10.1. The lowest BCUT2D eigenvalue weighted by Crippen LogP contribution is -2.14. The Hall–Kier alpha value is -2.33.